The molecule has 3 nitrogen and oxygen atoms in total. The van der Waals surface area contributed by atoms with Gasteiger partial charge in [-0.2, -0.15) is 0 Å². The Hall–Kier alpha value is -7.88. The summed E-state index contributed by atoms with van der Waals surface area (Å²) in [5, 5.41) is 0. The van der Waals surface area contributed by atoms with Crippen molar-refractivity contribution in [3.8, 4) is 0 Å². The van der Waals surface area contributed by atoms with Gasteiger partial charge in [-0.15, -0.1) is 0 Å². The van der Waals surface area contributed by atoms with Gasteiger partial charge < -0.3 is 14.7 Å². The van der Waals surface area contributed by atoms with Gasteiger partial charge in [0.15, 0.2) is 0 Å². The van der Waals surface area contributed by atoms with E-state index in [1.807, 2.05) is 0 Å². The summed E-state index contributed by atoms with van der Waals surface area (Å²) >= 11 is 0. The Morgan fingerprint density at radius 1 is 0.283 bits per heavy atom. The van der Waals surface area contributed by atoms with Crippen molar-refractivity contribution in [1.29, 1.82) is 0 Å². The van der Waals surface area contributed by atoms with E-state index < -0.39 is 5.41 Å². The highest BCUT2D eigenvalue weighted by Crippen LogP contribution is 2.60. The van der Waals surface area contributed by atoms with Gasteiger partial charge in [0.25, 0.3) is 0 Å². The lowest BCUT2D eigenvalue weighted by Crippen LogP contribution is -2.38. The van der Waals surface area contributed by atoms with Crippen molar-refractivity contribution in [1.82, 2.24) is 0 Å². The molecule has 0 amide bonds. The van der Waals surface area contributed by atoms with Gasteiger partial charge in [0.1, 0.15) is 0 Å². The van der Waals surface area contributed by atoms with Gasteiger partial charge in [-0.25, -0.2) is 0 Å². The van der Waals surface area contributed by atoms with Crippen molar-refractivity contribution >= 4 is 63.3 Å². The first-order valence-corrected chi connectivity index (χ1v) is 20.6. The Morgan fingerprint density at radius 2 is 0.617 bits per heavy atom. The van der Waals surface area contributed by atoms with Gasteiger partial charge in [0, 0.05) is 39.8 Å². The van der Waals surface area contributed by atoms with E-state index in [2.05, 4.69) is 263 Å². The summed E-state index contributed by atoms with van der Waals surface area (Å²) < 4.78 is 0. The molecule has 60 heavy (non-hydrogen) atoms. The Morgan fingerprint density at radius 3 is 1.00 bits per heavy atom. The van der Waals surface area contributed by atoms with Crippen molar-refractivity contribution in [2.75, 3.05) is 14.7 Å². The summed E-state index contributed by atoms with van der Waals surface area (Å²) in [4.78, 5) is 7.20. The lowest BCUT2D eigenvalue weighted by Gasteiger charge is -2.47. The normalized spacial score (nSPS) is 13.0. The maximum Gasteiger partial charge on any atom is 0.0755 e. The molecule has 1 heterocycles. The van der Waals surface area contributed by atoms with Gasteiger partial charge in [-0.3, -0.25) is 0 Å². The molecule has 0 fully saturated rings. The fraction of sp³-hybridized carbons (Fsp3) is 0.0175. The Balaban J connectivity index is 1.25. The highest BCUT2D eigenvalue weighted by molar-refractivity contribution is 5.94. The average Bonchev–Trinajstić information content (AvgIpc) is 3.46. The van der Waals surface area contributed by atoms with Crippen molar-refractivity contribution in [3.05, 3.63) is 270 Å². The minimum Gasteiger partial charge on any atom is -0.310 e. The zero-order chi connectivity index (χ0) is 39.9. The monoisotopic (exact) mass is 767 g/mol. The van der Waals surface area contributed by atoms with E-state index in [9.17, 15) is 0 Å². The molecule has 0 saturated heterocycles. The van der Waals surface area contributed by atoms with Crippen LogP contribution in [0.4, 0.5) is 51.2 Å². The second-order valence-electron chi connectivity index (χ2n) is 15.3. The van der Waals surface area contributed by atoms with Gasteiger partial charge in [-0.1, -0.05) is 152 Å². The SMILES string of the molecule is C1=Cc2ccc(N(c3ccccc3)c3ccccc3)cc2C2(c3cc(N(c4ccccc4)c4ccccc4)ccc31)c1ccccc1N(c1ccccc1)c1ccccc12. The van der Waals surface area contributed by atoms with Crippen molar-refractivity contribution < 1.29 is 0 Å². The van der Waals surface area contributed by atoms with Crippen LogP contribution in [0.3, 0.4) is 0 Å². The summed E-state index contributed by atoms with van der Waals surface area (Å²) in [5.74, 6) is 0. The lowest BCUT2D eigenvalue weighted by molar-refractivity contribution is 0.729. The van der Waals surface area contributed by atoms with Gasteiger partial charge in [0.05, 0.1) is 16.8 Å². The molecule has 3 heteroatoms. The number of anilines is 9. The second-order valence-corrected chi connectivity index (χ2v) is 15.3. The molecule has 284 valence electrons. The molecule has 9 aromatic carbocycles. The zero-order valence-electron chi connectivity index (χ0n) is 33.0. The van der Waals surface area contributed by atoms with E-state index in [-0.39, 0.29) is 0 Å². The molecular formula is C57H41N3. The second kappa shape index (κ2) is 14.8. The van der Waals surface area contributed by atoms with E-state index in [4.69, 9.17) is 0 Å². The third kappa shape index (κ3) is 5.74. The van der Waals surface area contributed by atoms with Crippen LogP contribution in [0, 0.1) is 0 Å². The number of hydrogen-bond donors (Lipinski definition) is 0. The molecule has 0 aromatic heterocycles. The van der Waals surface area contributed by atoms with Crippen LogP contribution in [0.15, 0.2) is 237 Å². The molecule has 9 aromatic rings. The number of hydrogen-bond acceptors (Lipinski definition) is 3. The predicted octanol–water partition coefficient (Wildman–Crippen LogP) is 15.3. The summed E-state index contributed by atoms with van der Waals surface area (Å²) in [6.07, 6.45) is 4.64. The summed E-state index contributed by atoms with van der Waals surface area (Å²) in [7, 11) is 0. The molecule has 0 saturated carbocycles. The van der Waals surface area contributed by atoms with E-state index >= 15 is 0 Å². The van der Waals surface area contributed by atoms with Gasteiger partial charge >= 0.3 is 0 Å². The first-order chi connectivity index (χ1) is 29.8. The maximum absolute atomic E-state index is 2.46. The molecular weight excluding hydrogens is 727 g/mol. The highest BCUT2D eigenvalue weighted by Gasteiger charge is 2.49. The first kappa shape index (κ1) is 35.3. The predicted molar refractivity (Wildman–Crippen MR) is 251 cm³/mol. The molecule has 1 aliphatic heterocycles. The smallest absolute Gasteiger partial charge is 0.0755 e. The van der Waals surface area contributed by atoms with E-state index in [1.54, 1.807) is 0 Å². The van der Waals surface area contributed by atoms with Crippen LogP contribution < -0.4 is 14.7 Å². The van der Waals surface area contributed by atoms with Crippen LogP contribution >= 0.6 is 0 Å². The number of nitrogens with zero attached hydrogens (tertiary/aromatic N) is 3. The average molecular weight is 768 g/mol. The standard InChI is InChI=1S/C57H41N3/c1-6-20-44(21-7-1)58(45-22-8-2-9-23-45)49-38-36-42-34-35-43-37-39-50(59(46-24-10-3-11-25-46)47-26-12-4-13-27-47)41-54(43)57(53(42)40-49)51-30-16-18-32-55(51)60(48-28-14-5-15-29-48)56-33-19-17-31-52(56)57/h1-41H. The molecule has 11 rings (SSSR count). The van der Waals surface area contributed by atoms with Crippen LogP contribution in [0.2, 0.25) is 0 Å². The van der Waals surface area contributed by atoms with Crippen LogP contribution in [0.5, 0.6) is 0 Å². The van der Waals surface area contributed by atoms with Crippen molar-refractivity contribution in [3.63, 3.8) is 0 Å². The van der Waals surface area contributed by atoms with E-state index in [1.165, 1.54) is 33.4 Å². The fourth-order valence-electron chi connectivity index (χ4n) is 9.52. The molecule has 0 atom stereocenters. The largest absolute Gasteiger partial charge is 0.310 e. The van der Waals surface area contributed by atoms with Gasteiger partial charge in [0.2, 0.25) is 0 Å². The quantitative estimate of drug-likeness (QED) is 0.160. The fourth-order valence-corrected chi connectivity index (χ4v) is 9.52. The number of rotatable bonds is 7. The molecule has 0 N–H and O–H groups in total. The Labute approximate surface area is 352 Å². The number of para-hydroxylation sites is 7. The van der Waals surface area contributed by atoms with Crippen molar-refractivity contribution in [2.24, 2.45) is 0 Å². The van der Waals surface area contributed by atoms with Crippen LogP contribution in [-0.4, -0.2) is 0 Å². The summed E-state index contributed by atoms with van der Waals surface area (Å²) in [6, 6.07) is 85.9. The summed E-state index contributed by atoms with van der Waals surface area (Å²) in [6.45, 7) is 0. The van der Waals surface area contributed by atoms with Gasteiger partial charge in [-0.05, 0) is 130 Å². The molecule has 2 aliphatic rings. The third-order valence-corrected chi connectivity index (χ3v) is 12.0. The zero-order valence-corrected chi connectivity index (χ0v) is 33.0. The van der Waals surface area contributed by atoms with Crippen LogP contribution in [-0.2, 0) is 5.41 Å². The van der Waals surface area contributed by atoms with Crippen LogP contribution in [0.1, 0.15) is 33.4 Å². The molecule has 1 aliphatic carbocycles. The highest BCUT2D eigenvalue weighted by atomic mass is 15.2. The van der Waals surface area contributed by atoms with E-state index in [0.29, 0.717) is 0 Å². The van der Waals surface area contributed by atoms with Crippen LogP contribution in [0.25, 0.3) is 12.2 Å². The first-order valence-electron chi connectivity index (χ1n) is 20.6. The van der Waals surface area contributed by atoms with Crippen molar-refractivity contribution in [2.45, 2.75) is 5.41 Å². The number of fused-ring (bicyclic) bond motifs is 8. The number of benzene rings is 9. The summed E-state index contributed by atoms with van der Waals surface area (Å²) in [5.41, 5.74) is 16.6. The third-order valence-electron chi connectivity index (χ3n) is 12.0. The lowest BCUT2D eigenvalue weighted by atomic mass is 9.61. The Kier molecular flexibility index (Phi) is 8.71. The topological polar surface area (TPSA) is 9.72 Å². The molecule has 1 spiro atoms. The van der Waals surface area contributed by atoms with E-state index in [0.717, 1.165) is 51.2 Å². The maximum atomic E-state index is 2.46. The molecule has 0 radical (unpaired) electrons. The Bertz CT molecular complexity index is 2720. The minimum atomic E-state index is -0.739. The minimum absolute atomic E-state index is 0.739. The molecule has 0 bridgehead atoms. The molecule has 0 unspecified atom stereocenters.